The Morgan fingerprint density at radius 3 is 2.87 bits per heavy atom. The summed E-state index contributed by atoms with van der Waals surface area (Å²) in [5.41, 5.74) is 1.18. The highest BCUT2D eigenvalue weighted by Gasteiger charge is 2.21. The summed E-state index contributed by atoms with van der Waals surface area (Å²) in [6.45, 7) is 3.34. The van der Waals surface area contributed by atoms with E-state index in [0.29, 0.717) is 5.92 Å². The number of aromatic nitrogens is 3. The molecule has 0 saturated heterocycles. The van der Waals surface area contributed by atoms with Gasteiger partial charge in [-0.05, 0) is 47.7 Å². The minimum absolute atomic E-state index is 0.624. The standard InChI is InChI=1S/C10H17BrN4/c1-7(6-12-8-3-4-8)5-9-10(11)13-14-15(9)2/h7-8,12H,3-6H2,1-2H3. The fourth-order valence-electron chi connectivity index (χ4n) is 1.63. The molecule has 2 rings (SSSR count). The predicted molar refractivity (Wildman–Crippen MR) is 62.6 cm³/mol. The number of rotatable bonds is 5. The van der Waals surface area contributed by atoms with E-state index in [1.807, 2.05) is 11.7 Å². The molecule has 1 atom stereocenters. The molecule has 0 aliphatic heterocycles. The van der Waals surface area contributed by atoms with Crippen molar-refractivity contribution in [2.75, 3.05) is 6.54 Å². The third-order valence-corrected chi connectivity index (χ3v) is 3.39. The van der Waals surface area contributed by atoms with Gasteiger partial charge in [0.25, 0.3) is 0 Å². The highest BCUT2D eigenvalue weighted by molar-refractivity contribution is 9.10. The Morgan fingerprint density at radius 1 is 1.60 bits per heavy atom. The van der Waals surface area contributed by atoms with Gasteiger partial charge in [-0.1, -0.05) is 12.1 Å². The van der Waals surface area contributed by atoms with Crippen LogP contribution in [0.3, 0.4) is 0 Å². The summed E-state index contributed by atoms with van der Waals surface area (Å²) in [6.07, 6.45) is 3.72. The Kier molecular flexibility index (Phi) is 3.41. The Labute approximate surface area is 98.6 Å². The van der Waals surface area contributed by atoms with E-state index in [4.69, 9.17) is 0 Å². The zero-order valence-corrected chi connectivity index (χ0v) is 10.8. The molecule has 1 aromatic heterocycles. The van der Waals surface area contributed by atoms with Crippen molar-refractivity contribution in [2.45, 2.75) is 32.2 Å². The van der Waals surface area contributed by atoms with E-state index in [1.54, 1.807) is 0 Å². The molecule has 0 spiro atoms. The van der Waals surface area contributed by atoms with Gasteiger partial charge in [0.15, 0.2) is 4.60 Å². The molecule has 1 fully saturated rings. The van der Waals surface area contributed by atoms with Crippen LogP contribution in [0.4, 0.5) is 0 Å². The first-order valence-electron chi connectivity index (χ1n) is 5.44. The molecule has 1 aromatic rings. The first-order chi connectivity index (χ1) is 7.16. The number of hydrogen-bond donors (Lipinski definition) is 1. The van der Waals surface area contributed by atoms with Crippen molar-refractivity contribution in [1.82, 2.24) is 20.3 Å². The molecule has 1 saturated carbocycles. The number of hydrogen-bond acceptors (Lipinski definition) is 3. The molecule has 0 radical (unpaired) electrons. The Balaban J connectivity index is 1.84. The van der Waals surface area contributed by atoms with Crippen LogP contribution in [0, 0.1) is 5.92 Å². The van der Waals surface area contributed by atoms with Crippen LogP contribution in [0.2, 0.25) is 0 Å². The monoisotopic (exact) mass is 272 g/mol. The maximum absolute atomic E-state index is 3.99. The summed E-state index contributed by atoms with van der Waals surface area (Å²) in [6, 6.07) is 0.792. The molecule has 0 amide bonds. The smallest absolute Gasteiger partial charge is 0.151 e. The number of aryl methyl sites for hydroxylation is 1. The molecule has 1 unspecified atom stereocenters. The molecule has 1 aliphatic rings. The Bertz CT molecular complexity index is 313. The highest BCUT2D eigenvalue weighted by Crippen LogP contribution is 2.20. The summed E-state index contributed by atoms with van der Waals surface area (Å²) >= 11 is 3.42. The lowest BCUT2D eigenvalue weighted by Crippen LogP contribution is -2.24. The summed E-state index contributed by atoms with van der Waals surface area (Å²) in [7, 11) is 1.94. The van der Waals surface area contributed by atoms with Crippen molar-refractivity contribution in [2.24, 2.45) is 13.0 Å². The molecular weight excluding hydrogens is 256 g/mol. The molecule has 0 bridgehead atoms. The lowest BCUT2D eigenvalue weighted by molar-refractivity contribution is 0.492. The number of nitrogens with one attached hydrogen (secondary N) is 1. The first-order valence-corrected chi connectivity index (χ1v) is 6.23. The van der Waals surface area contributed by atoms with Gasteiger partial charge >= 0.3 is 0 Å². The maximum Gasteiger partial charge on any atom is 0.151 e. The van der Waals surface area contributed by atoms with Gasteiger partial charge in [0.2, 0.25) is 0 Å². The van der Waals surface area contributed by atoms with Gasteiger partial charge in [0.1, 0.15) is 0 Å². The van der Waals surface area contributed by atoms with Gasteiger partial charge in [0.05, 0.1) is 5.69 Å². The van der Waals surface area contributed by atoms with Crippen LogP contribution in [-0.4, -0.2) is 27.6 Å². The van der Waals surface area contributed by atoms with E-state index >= 15 is 0 Å². The molecule has 15 heavy (non-hydrogen) atoms. The van der Waals surface area contributed by atoms with Crippen LogP contribution >= 0.6 is 15.9 Å². The normalized spacial score (nSPS) is 18.1. The Morgan fingerprint density at radius 2 is 2.33 bits per heavy atom. The lowest BCUT2D eigenvalue weighted by Gasteiger charge is -2.12. The van der Waals surface area contributed by atoms with Crippen molar-refractivity contribution in [3.63, 3.8) is 0 Å². The molecule has 0 aromatic carbocycles. The van der Waals surface area contributed by atoms with Gasteiger partial charge in [-0.25, -0.2) is 0 Å². The summed E-state index contributed by atoms with van der Waals surface area (Å²) in [4.78, 5) is 0. The quantitative estimate of drug-likeness (QED) is 0.884. The maximum atomic E-state index is 3.99. The van der Waals surface area contributed by atoms with Crippen molar-refractivity contribution >= 4 is 15.9 Å². The predicted octanol–water partition coefficient (Wildman–Crippen LogP) is 1.51. The van der Waals surface area contributed by atoms with Crippen molar-refractivity contribution in [1.29, 1.82) is 0 Å². The lowest BCUT2D eigenvalue weighted by atomic mass is 10.1. The zero-order valence-electron chi connectivity index (χ0n) is 9.20. The second kappa shape index (κ2) is 4.61. The van der Waals surface area contributed by atoms with E-state index in [1.165, 1.54) is 18.5 Å². The minimum Gasteiger partial charge on any atom is -0.314 e. The second-order valence-corrected chi connectivity index (χ2v) is 5.19. The van der Waals surface area contributed by atoms with Crippen LogP contribution in [0.15, 0.2) is 4.60 Å². The topological polar surface area (TPSA) is 42.7 Å². The van der Waals surface area contributed by atoms with Crippen molar-refractivity contribution in [3.8, 4) is 0 Å². The SMILES string of the molecule is CC(CNC1CC1)Cc1c(Br)nnn1C. The largest absolute Gasteiger partial charge is 0.314 e. The number of halogens is 1. The van der Waals surface area contributed by atoms with Crippen molar-refractivity contribution < 1.29 is 0 Å². The second-order valence-electron chi connectivity index (χ2n) is 4.44. The van der Waals surface area contributed by atoms with E-state index in [9.17, 15) is 0 Å². The van der Waals surface area contributed by atoms with E-state index in [0.717, 1.165) is 23.6 Å². The third-order valence-electron chi connectivity index (χ3n) is 2.77. The van der Waals surface area contributed by atoms with Gasteiger partial charge < -0.3 is 5.32 Å². The average Bonchev–Trinajstić information content (AvgIpc) is 2.98. The van der Waals surface area contributed by atoms with E-state index in [-0.39, 0.29) is 0 Å². The van der Waals surface area contributed by atoms with E-state index < -0.39 is 0 Å². The van der Waals surface area contributed by atoms with Gasteiger partial charge in [-0.3, -0.25) is 4.68 Å². The molecule has 5 heteroatoms. The average molecular weight is 273 g/mol. The Hall–Kier alpha value is -0.420. The third kappa shape index (κ3) is 3.01. The fourth-order valence-corrected chi connectivity index (χ4v) is 2.11. The van der Waals surface area contributed by atoms with Crippen LogP contribution in [0.25, 0.3) is 0 Å². The first kappa shape index (κ1) is 11.1. The van der Waals surface area contributed by atoms with Crippen LogP contribution < -0.4 is 5.32 Å². The van der Waals surface area contributed by atoms with Crippen LogP contribution in [0.5, 0.6) is 0 Å². The van der Waals surface area contributed by atoms with Crippen LogP contribution in [0.1, 0.15) is 25.5 Å². The molecule has 1 N–H and O–H groups in total. The molecule has 1 aliphatic carbocycles. The van der Waals surface area contributed by atoms with Gasteiger partial charge in [0, 0.05) is 13.1 Å². The molecule has 4 nitrogen and oxygen atoms in total. The number of nitrogens with zero attached hydrogens (tertiary/aromatic N) is 3. The zero-order chi connectivity index (χ0) is 10.8. The van der Waals surface area contributed by atoms with E-state index in [2.05, 4.69) is 38.5 Å². The summed E-state index contributed by atoms with van der Waals surface area (Å²) < 4.78 is 2.72. The summed E-state index contributed by atoms with van der Waals surface area (Å²) in [5.74, 6) is 0.624. The minimum atomic E-state index is 0.624. The van der Waals surface area contributed by atoms with Gasteiger partial charge in [-0.2, -0.15) is 0 Å². The highest BCUT2D eigenvalue weighted by atomic mass is 79.9. The molecule has 84 valence electrons. The van der Waals surface area contributed by atoms with Crippen molar-refractivity contribution in [3.05, 3.63) is 10.3 Å². The molecule has 1 heterocycles. The van der Waals surface area contributed by atoms with Crippen LogP contribution in [-0.2, 0) is 13.5 Å². The van der Waals surface area contributed by atoms with Gasteiger partial charge in [-0.15, -0.1) is 5.10 Å². The summed E-state index contributed by atoms with van der Waals surface area (Å²) in [5, 5.41) is 11.5. The molecular formula is C10H17BrN4. The fraction of sp³-hybridized carbons (Fsp3) is 0.800.